The predicted molar refractivity (Wildman–Crippen MR) is 79.7 cm³/mol. The third-order valence-electron chi connectivity index (χ3n) is 3.73. The molecule has 0 bridgehead atoms. The van der Waals surface area contributed by atoms with Crippen LogP contribution in [-0.4, -0.2) is 36.3 Å². The Morgan fingerprint density at radius 3 is 2.81 bits per heavy atom. The topological polar surface area (TPSA) is 73.6 Å². The fourth-order valence-corrected chi connectivity index (χ4v) is 2.66. The molecule has 0 heterocycles. The lowest BCUT2D eigenvalue weighted by molar-refractivity contribution is -0.386. The number of benzene rings is 1. The second kappa shape index (κ2) is 6.87. The van der Waals surface area contributed by atoms with Gasteiger partial charge in [-0.25, -0.2) is 0 Å². The van der Waals surface area contributed by atoms with Crippen molar-refractivity contribution in [3.63, 3.8) is 0 Å². The number of para-hydroxylation sites is 1. The van der Waals surface area contributed by atoms with Crippen LogP contribution in [0.2, 0.25) is 0 Å². The van der Waals surface area contributed by atoms with E-state index in [0.29, 0.717) is 12.4 Å². The zero-order valence-electron chi connectivity index (χ0n) is 12.7. The van der Waals surface area contributed by atoms with Gasteiger partial charge in [-0.15, -0.1) is 0 Å². The third-order valence-corrected chi connectivity index (χ3v) is 3.73. The number of nitro benzene ring substituents is 1. The van der Waals surface area contributed by atoms with Gasteiger partial charge in [-0.05, 0) is 26.0 Å². The molecule has 1 aliphatic rings. The lowest BCUT2D eigenvalue weighted by Gasteiger charge is -2.44. The molecule has 6 nitrogen and oxygen atoms in total. The van der Waals surface area contributed by atoms with E-state index in [1.54, 1.807) is 6.07 Å². The molecule has 6 heteroatoms. The molecule has 3 unspecified atom stereocenters. The summed E-state index contributed by atoms with van der Waals surface area (Å²) < 4.78 is 11.6. The zero-order valence-corrected chi connectivity index (χ0v) is 12.7. The Labute approximate surface area is 124 Å². The highest BCUT2D eigenvalue weighted by Crippen LogP contribution is 2.36. The number of hydrogen-bond acceptors (Lipinski definition) is 5. The Morgan fingerprint density at radius 1 is 1.43 bits per heavy atom. The number of nitrogens with one attached hydrogen (secondary N) is 1. The maximum absolute atomic E-state index is 11.1. The van der Waals surface area contributed by atoms with E-state index in [1.807, 2.05) is 26.8 Å². The molecule has 21 heavy (non-hydrogen) atoms. The highest BCUT2D eigenvalue weighted by Gasteiger charge is 2.44. The van der Waals surface area contributed by atoms with Crippen molar-refractivity contribution in [2.45, 2.75) is 45.4 Å². The number of aryl methyl sites for hydroxylation is 1. The molecule has 1 fully saturated rings. The van der Waals surface area contributed by atoms with E-state index in [9.17, 15) is 10.1 Å². The average Bonchev–Trinajstić information content (AvgIpc) is 2.44. The van der Waals surface area contributed by atoms with Gasteiger partial charge in [-0.3, -0.25) is 10.1 Å². The van der Waals surface area contributed by atoms with Crippen molar-refractivity contribution in [1.29, 1.82) is 0 Å². The first-order valence-corrected chi connectivity index (χ1v) is 7.34. The van der Waals surface area contributed by atoms with Crippen molar-refractivity contribution >= 4 is 5.69 Å². The Hall–Kier alpha value is -1.66. The smallest absolute Gasteiger partial charge is 0.311 e. The minimum Gasteiger partial charge on any atom is -0.480 e. The molecule has 0 saturated heterocycles. The summed E-state index contributed by atoms with van der Waals surface area (Å²) in [7, 11) is 0. The minimum absolute atomic E-state index is 0.0112. The number of nitro groups is 1. The SMILES string of the molecule is CCNC1CC(Oc2c(C)cccc2[N+](=O)[O-])C1OCC. The Balaban J connectivity index is 2.13. The fourth-order valence-electron chi connectivity index (χ4n) is 2.66. The summed E-state index contributed by atoms with van der Waals surface area (Å²) >= 11 is 0. The van der Waals surface area contributed by atoms with Crippen LogP contribution >= 0.6 is 0 Å². The van der Waals surface area contributed by atoms with E-state index in [1.165, 1.54) is 6.07 Å². The lowest BCUT2D eigenvalue weighted by atomic mass is 9.85. The Morgan fingerprint density at radius 2 is 2.19 bits per heavy atom. The fraction of sp³-hybridized carbons (Fsp3) is 0.600. The maximum atomic E-state index is 11.1. The van der Waals surface area contributed by atoms with Crippen molar-refractivity contribution in [1.82, 2.24) is 5.32 Å². The van der Waals surface area contributed by atoms with Crippen LogP contribution in [-0.2, 0) is 4.74 Å². The lowest BCUT2D eigenvalue weighted by Crippen LogP contribution is -2.61. The Bertz CT molecular complexity index is 506. The number of likely N-dealkylation sites (N-methyl/N-ethyl adjacent to an activating group) is 1. The first kappa shape index (κ1) is 15.7. The third kappa shape index (κ3) is 3.33. The molecule has 1 aliphatic carbocycles. The molecule has 0 amide bonds. The Kier molecular flexibility index (Phi) is 5.14. The van der Waals surface area contributed by atoms with Crippen LogP contribution < -0.4 is 10.1 Å². The first-order valence-electron chi connectivity index (χ1n) is 7.34. The highest BCUT2D eigenvalue weighted by atomic mass is 16.6. The van der Waals surface area contributed by atoms with Gasteiger partial charge in [0, 0.05) is 25.1 Å². The molecule has 1 aromatic carbocycles. The quantitative estimate of drug-likeness (QED) is 0.617. The summed E-state index contributed by atoms with van der Waals surface area (Å²) in [6, 6.07) is 5.21. The van der Waals surface area contributed by atoms with Crippen molar-refractivity contribution in [3.8, 4) is 5.75 Å². The minimum atomic E-state index is -0.404. The van der Waals surface area contributed by atoms with Crippen LogP contribution in [0, 0.1) is 17.0 Å². The number of hydrogen-bond donors (Lipinski definition) is 1. The summed E-state index contributed by atoms with van der Waals surface area (Å²) in [5, 5.41) is 14.5. The molecule has 0 spiro atoms. The largest absolute Gasteiger partial charge is 0.480 e. The monoisotopic (exact) mass is 294 g/mol. The molecule has 0 radical (unpaired) electrons. The summed E-state index contributed by atoms with van der Waals surface area (Å²) in [4.78, 5) is 10.7. The van der Waals surface area contributed by atoms with Crippen molar-refractivity contribution in [2.75, 3.05) is 13.2 Å². The van der Waals surface area contributed by atoms with Gasteiger partial charge < -0.3 is 14.8 Å². The predicted octanol–water partition coefficient (Wildman–Crippen LogP) is 2.44. The van der Waals surface area contributed by atoms with E-state index < -0.39 is 4.92 Å². The number of nitrogens with zero attached hydrogens (tertiary/aromatic N) is 1. The standard InChI is InChI=1S/C15H22N2O4/c1-4-16-11-9-13(15(11)20-5-2)21-14-10(3)7-6-8-12(14)17(18)19/h6-8,11,13,15-16H,4-5,9H2,1-3H3. The zero-order chi connectivity index (χ0) is 15.4. The molecule has 1 N–H and O–H groups in total. The molecular formula is C15H22N2O4. The molecule has 0 aromatic heterocycles. The average molecular weight is 294 g/mol. The van der Waals surface area contributed by atoms with E-state index >= 15 is 0 Å². The van der Waals surface area contributed by atoms with E-state index in [0.717, 1.165) is 18.5 Å². The molecular weight excluding hydrogens is 272 g/mol. The molecule has 1 saturated carbocycles. The molecule has 1 aromatic rings. The first-order chi connectivity index (χ1) is 10.1. The second-order valence-corrected chi connectivity index (χ2v) is 5.16. The van der Waals surface area contributed by atoms with Crippen LogP contribution in [0.4, 0.5) is 5.69 Å². The van der Waals surface area contributed by atoms with E-state index in [2.05, 4.69) is 5.32 Å². The van der Waals surface area contributed by atoms with Gasteiger partial charge in [0.25, 0.3) is 0 Å². The summed E-state index contributed by atoms with van der Waals surface area (Å²) in [6.45, 7) is 7.27. The van der Waals surface area contributed by atoms with Crippen LogP contribution in [0.15, 0.2) is 18.2 Å². The normalized spacial score (nSPS) is 24.4. The summed E-state index contributed by atoms with van der Waals surface area (Å²) in [5.41, 5.74) is 0.781. The highest BCUT2D eigenvalue weighted by molar-refractivity contribution is 5.51. The number of ether oxygens (including phenoxy) is 2. The number of rotatable bonds is 7. The van der Waals surface area contributed by atoms with Gasteiger partial charge in [0.1, 0.15) is 12.2 Å². The van der Waals surface area contributed by atoms with Gasteiger partial charge in [0.15, 0.2) is 5.75 Å². The van der Waals surface area contributed by atoms with Gasteiger partial charge in [0.05, 0.1) is 4.92 Å². The van der Waals surface area contributed by atoms with Gasteiger partial charge in [0.2, 0.25) is 0 Å². The van der Waals surface area contributed by atoms with Crippen LogP contribution in [0.3, 0.4) is 0 Å². The van der Waals surface area contributed by atoms with Gasteiger partial charge >= 0.3 is 5.69 Å². The van der Waals surface area contributed by atoms with Crippen LogP contribution in [0.25, 0.3) is 0 Å². The molecule has 3 atom stereocenters. The van der Waals surface area contributed by atoms with Crippen LogP contribution in [0.5, 0.6) is 5.75 Å². The van der Waals surface area contributed by atoms with Crippen molar-refractivity contribution < 1.29 is 14.4 Å². The maximum Gasteiger partial charge on any atom is 0.311 e. The van der Waals surface area contributed by atoms with E-state index in [-0.39, 0.29) is 23.9 Å². The molecule has 2 rings (SSSR count). The van der Waals surface area contributed by atoms with Gasteiger partial charge in [-0.1, -0.05) is 19.1 Å². The van der Waals surface area contributed by atoms with Crippen LogP contribution in [0.1, 0.15) is 25.8 Å². The molecule has 116 valence electrons. The summed E-state index contributed by atoms with van der Waals surface area (Å²) in [5.74, 6) is 0.354. The van der Waals surface area contributed by atoms with Crippen molar-refractivity contribution in [3.05, 3.63) is 33.9 Å². The molecule has 0 aliphatic heterocycles. The second-order valence-electron chi connectivity index (χ2n) is 5.16. The van der Waals surface area contributed by atoms with Gasteiger partial charge in [-0.2, -0.15) is 0 Å². The van der Waals surface area contributed by atoms with Crippen molar-refractivity contribution in [2.24, 2.45) is 0 Å². The van der Waals surface area contributed by atoms with E-state index in [4.69, 9.17) is 9.47 Å². The summed E-state index contributed by atoms with van der Waals surface area (Å²) in [6.07, 6.45) is 0.590.